The number of ether oxygens (including phenoxy) is 2. The van der Waals surface area contributed by atoms with Crippen molar-refractivity contribution in [1.82, 2.24) is 9.55 Å². The van der Waals surface area contributed by atoms with Gasteiger partial charge in [0.25, 0.3) is 5.56 Å². The summed E-state index contributed by atoms with van der Waals surface area (Å²) in [4.78, 5) is 35.7. The summed E-state index contributed by atoms with van der Waals surface area (Å²) in [6, 6.07) is 1.08. The van der Waals surface area contributed by atoms with Crippen LogP contribution in [-0.2, 0) is 14.3 Å². The Bertz CT molecular complexity index is 607. The monoisotopic (exact) mass is 286 g/mol. The van der Waals surface area contributed by atoms with Crippen molar-refractivity contribution in [3.63, 3.8) is 0 Å². The van der Waals surface area contributed by atoms with Crippen LogP contribution in [0.25, 0.3) is 0 Å². The topological polar surface area (TPSA) is 131 Å². The molecule has 3 N–H and O–H groups in total. The van der Waals surface area contributed by atoms with E-state index in [4.69, 9.17) is 4.74 Å². The number of methoxy groups -OCH3 is 1. The summed E-state index contributed by atoms with van der Waals surface area (Å²) < 4.78 is 10.7. The van der Waals surface area contributed by atoms with Crippen LogP contribution in [0.3, 0.4) is 0 Å². The third-order valence-corrected chi connectivity index (χ3v) is 3.06. The number of nitrogens with zero attached hydrogens (tertiary/aromatic N) is 1. The zero-order valence-corrected chi connectivity index (χ0v) is 10.6. The standard InChI is InChI=1S/C11H14N2O7/c1-19-7(15)4-5-8(16)9(17)10(20-5)13-3-2-6(14)12-11(13)18/h2-3,5,8-10,16-17H,4H2,1H3,(H,12,14,18)/t5-,8-,9-,10-/m1/s1. The highest BCUT2D eigenvalue weighted by Gasteiger charge is 2.44. The van der Waals surface area contributed by atoms with Crippen molar-refractivity contribution in [1.29, 1.82) is 0 Å². The number of hydrogen-bond acceptors (Lipinski definition) is 7. The molecule has 0 aliphatic carbocycles. The summed E-state index contributed by atoms with van der Waals surface area (Å²) >= 11 is 0. The van der Waals surface area contributed by atoms with Crippen molar-refractivity contribution >= 4 is 5.97 Å². The highest BCUT2D eigenvalue weighted by molar-refractivity contribution is 5.69. The lowest BCUT2D eigenvalue weighted by atomic mass is 10.1. The highest BCUT2D eigenvalue weighted by atomic mass is 16.6. The molecule has 1 aliphatic rings. The highest BCUT2D eigenvalue weighted by Crippen LogP contribution is 2.29. The van der Waals surface area contributed by atoms with E-state index < -0.39 is 41.8 Å². The number of aliphatic hydroxyl groups excluding tert-OH is 2. The zero-order valence-electron chi connectivity index (χ0n) is 10.6. The van der Waals surface area contributed by atoms with Crippen LogP contribution in [0, 0.1) is 0 Å². The first-order chi connectivity index (χ1) is 9.43. The number of aliphatic hydroxyl groups is 2. The number of nitrogens with one attached hydrogen (secondary N) is 1. The van der Waals surface area contributed by atoms with Gasteiger partial charge in [-0.3, -0.25) is 19.1 Å². The molecule has 2 heterocycles. The number of rotatable bonds is 3. The fraction of sp³-hybridized carbons (Fsp3) is 0.545. The average Bonchev–Trinajstić information content (AvgIpc) is 2.67. The van der Waals surface area contributed by atoms with Crippen LogP contribution in [0.4, 0.5) is 0 Å². The quantitative estimate of drug-likeness (QED) is 0.533. The van der Waals surface area contributed by atoms with Crippen LogP contribution < -0.4 is 11.2 Å². The van der Waals surface area contributed by atoms with Gasteiger partial charge in [0.2, 0.25) is 0 Å². The van der Waals surface area contributed by atoms with E-state index in [0.29, 0.717) is 0 Å². The second-order valence-corrected chi connectivity index (χ2v) is 4.34. The van der Waals surface area contributed by atoms with E-state index in [1.807, 2.05) is 4.98 Å². The maximum atomic E-state index is 11.6. The first-order valence-electron chi connectivity index (χ1n) is 5.84. The van der Waals surface area contributed by atoms with E-state index in [0.717, 1.165) is 16.8 Å². The maximum absolute atomic E-state index is 11.6. The molecule has 0 aromatic carbocycles. The SMILES string of the molecule is COC(=O)C[C@H]1O[C@@H](n2ccc(=O)[nH]c2=O)[C@H](O)[C@@H]1O. The van der Waals surface area contributed by atoms with Crippen LogP contribution in [0.2, 0.25) is 0 Å². The summed E-state index contributed by atoms with van der Waals surface area (Å²) in [5, 5.41) is 19.7. The van der Waals surface area contributed by atoms with E-state index in [2.05, 4.69) is 4.74 Å². The van der Waals surface area contributed by atoms with Gasteiger partial charge >= 0.3 is 11.7 Å². The van der Waals surface area contributed by atoms with E-state index in [-0.39, 0.29) is 6.42 Å². The minimum Gasteiger partial charge on any atom is -0.469 e. The fourth-order valence-electron chi connectivity index (χ4n) is 2.00. The molecule has 9 nitrogen and oxygen atoms in total. The Morgan fingerprint density at radius 3 is 2.75 bits per heavy atom. The fourth-order valence-corrected chi connectivity index (χ4v) is 2.00. The van der Waals surface area contributed by atoms with Gasteiger partial charge in [0.05, 0.1) is 19.6 Å². The molecule has 4 atom stereocenters. The van der Waals surface area contributed by atoms with Crippen LogP contribution >= 0.6 is 0 Å². The van der Waals surface area contributed by atoms with Gasteiger partial charge in [-0.15, -0.1) is 0 Å². The molecule has 1 aromatic rings. The molecule has 0 radical (unpaired) electrons. The Balaban J connectivity index is 2.24. The van der Waals surface area contributed by atoms with Gasteiger partial charge in [-0.05, 0) is 0 Å². The normalized spacial score (nSPS) is 29.4. The van der Waals surface area contributed by atoms with Gasteiger partial charge in [-0.25, -0.2) is 4.79 Å². The maximum Gasteiger partial charge on any atom is 0.330 e. The molecule has 20 heavy (non-hydrogen) atoms. The average molecular weight is 286 g/mol. The molecule has 0 saturated carbocycles. The first-order valence-corrected chi connectivity index (χ1v) is 5.84. The predicted octanol–water partition coefficient (Wildman–Crippen LogP) is -2.28. The van der Waals surface area contributed by atoms with Crippen molar-refractivity contribution in [3.8, 4) is 0 Å². The van der Waals surface area contributed by atoms with Crippen molar-refractivity contribution in [2.75, 3.05) is 7.11 Å². The molecule has 0 bridgehead atoms. The van der Waals surface area contributed by atoms with Crippen LogP contribution in [0.1, 0.15) is 12.6 Å². The minimum absolute atomic E-state index is 0.261. The molecule has 1 aliphatic heterocycles. The third-order valence-electron chi connectivity index (χ3n) is 3.06. The van der Waals surface area contributed by atoms with Crippen molar-refractivity contribution in [2.45, 2.75) is 31.0 Å². The lowest BCUT2D eigenvalue weighted by Gasteiger charge is -2.16. The molecule has 1 fully saturated rings. The Kier molecular flexibility index (Phi) is 4.02. The summed E-state index contributed by atoms with van der Waals surface area (Å²) in [7, 11) is 1.18. The predicted molar refractivity (Wildman–Crippen MR) is 63.9 cm³/mol. The number of hydrogen-bond donors (Lipinski definition) is 3. The molecule has 1 saturated heterocycles. The summed E-state index contributed by atoms with van der Waals surface area (Å²) in [5.41, 5.74) is -1.38. The Labute approximate surface area is 112 Å². The van der Waals surface area contributed by atoms with Gasteiger partial charge < -0.3 is 19.7 Å². The van der Waals surface area contributed by atoms with Crippen molar-refractivity contribution in [3.05, 3.63) is 33.1 Å². The van der Waals surface area contributed by atoms with Crippen LogP contribution in [0.15, 0.2) is 21.9 Å². The number of carbonyl (C=O) groups is 1. The molecule has 110 valence electrons. The second kappa shape index (κ2) is 5.57. The van der Waals surface area contributed by atoms with Gasteiger partial charge in [0.15, 0.2) is 6.23 Å². The second-order valence-electron chi connectivity index (χ2n) is 4.34. The number of esters is 1. The molecule has 9 heteroatoms. The number of H-pyrrole nitrogens is 1. The van der Waals surface area contributed by atoms with Crippen LogP contribution in [0.5, 0.6) is 0 Å². The molecule has 0 unspecified atom stereocenters. The van der Waals surface area contributed by atoms with E-state index in [1.54, 1.807) is 0 Å². The minimum atomic E-state index is -1.41. The summed E-state index contributed by atoms with van der Waals surface area (Å²) in [5.74, 6) is -0.615. The van der Waals surface area contributed by atoms with Crippen molar-refractivity contribution < 1.29 is 24.5 Å². The number of aromatic nitrogens is 2. The zero-order chi connectivity index (χ0) is 14.9. The lowest BCUT2D eigenvalue weighted by Crippen LogP contribution is -2.37. The largest absolute Gasteiger partial charge is 0.469 e. The molecular formula is C11H14N2O7. The van der Waals surface area contributed by atoms with E-state index in [9.17, 15) is 24.6 Å². The lowest BCUT2D eigenvalue weighted by molar-refractivity contribution is -0.145. The van der Waals surface area contributed by atoms with Gasteiger partial charge in [0.1, 0.15) is 12.2 Å². The third kappa shape index (κ3) is 2.64. The van der Waals surface area contributed by atoms with E-state index in [1.165, 1.54) is 7.11 Å². The van der Waals surface area contributed by atoms with Crippen LogP contribution in [-0.4, -0.2) is 51.2 Å². The van der Waals surface area contributed by atoms with Gasteiger partial charge in [-0.1, -0.05) is 0 Å². The van der Waals surface area contributed by atoms with Gasteiger partial charge in [-0.2, -0.15) is 0 Å². The smallest absolute Gasteiger partial charge is 0.330 e. The Morgan fingerprint density at radius 1 is 1.45 bits per heavy atom. The molecular weight excluding hydrogens is 272 g/mol. The Morgan fingerprint density at radius 2 is 2.15 bits per heavy atom. The first kappa shape index (κ1) is 14.4. The molecule has 2 rings (SSSR count). The molecule has 0 spiro atoms. The number of carbonyl (C=O) groups excluding carboxylic acids is 1. The van der Waals surface area contributed by atoms with E-state index >= 15 is 0 Å². The Hall–Kier alpha value is -1.97. The van der Waals surface area contributed by atoms with Crippen molar-refractivity contribution in [2.24, 2.45) is 0 Å². The molecule has 0 amide bonds. The number of aromatic amines is 1. The molecule has 1 aromatic heterocycles. The summed E-state index contributed by atoms with van der Waals surface area (Å²) in [6.45, 7) is 0. The summed E-state index contributed by atoms with van der Waals surface area (Å²) in [6.07, 6.45) is -4.07. The van der Waals surface area contributed by atoms with Gasteiger partial charge in [0, 0.05) is 12.3 Å².